The van der Waals surface area contributed by atoms with E-state index in [4.69, 9.17) is 8.85 Å². The first-order valence-corrected chi connectivity index (χ1v) is 9.33. The largest absolute Gasteiger partial charge is 0.496 e. The van der Waals surface area contributed by atoms with Crippen LogP contribution in [0, 0.1) is 20.8 Å². The SMILES string of the molecule is [2H]C([2H])([2H])NC(=O)c1cnc(Nc2cc(C)nc(C)n2)cc1NC(=O)c1cccc(C)c1OC. The Morgan fingerprint density at radius 2 is 1.84 bits per heavy atom. The third-order valence-corrected chi connectivity index (χ3v) is 4.39. The van der Waals surface area contributed by atoms with Gasteiger partial charge in [-0.2, -0.15) is 0 Å². The number of rotatable bonds is 6. The Labute approximate surface area is 184 Å². The van der Waals surface area contributed by atoms with Crippen LogP contribution in [0.3, 0.4) is 0 Å². The number of para-hydroxylation sites is 1. The molecule has 2 aromatic heterocycles. The van der Waals surface area contributed by atoms with E-state index in [1.165, 1.54) is 19.4 Å². The number of aryl methyl sites for hydroxylation is 3. The summed E-state index contributed by atoms with van der Waals surface area (Å²) in [5.74, 6) is 0.210. The minimum atomic E-state index is -2.72. The van der Waals surface area contributed by atoms with Crippen molar-refractivity contribution in [3.8, 4) is 5.75 Å². The van der Waals surface area contributed by atoms with Gasteiger partial charge in [-0.3, -0.25) is 9.59 Å². The average molecular weight is 423 g/mol. The van der Waals surface area contributed by atoms with Crippen molar-refractivity contribution >= 4 is 29.1 Å². The molecule has 1 aromatic carbocycles. The number of carbonyl (C=O) groups is 2. The van der Waals surface area contributed by atoms with Crippen LogP contribution < -0.4 is 20.7 Å². The molecule has 160 valence electrons. The summed E-state index contributed by atoms with van der Waals surface area (Å²) in [7, 11) is 1.45. The third kappa shape index (κ3) is 4.95. The molecule has 9 heteroatoms. The molecule has 0 aliphatic heterocycles. The zero-order valence-corrected chi connectivity index (χ0v) is 17.5. The monoisotopic (exact) mass is 423 g/mol. The fraction of sp³-hybridized carbons (Fsp3) is 0.227. The van der Waals surface area contributed by atoms with Crippen molar-refractivity contribution < 1.29 is 18.4 Å². The van der Waals surface area contributed by atoms with Crippen LogP contribution >= 0.6 is 0 Å². The van der Waals surface area contributed by atoms with Crippen LogP contribution in [0.15, 0.2) is 36.5 Å². The average Bonchev–Trinajstić information content (AvgIpc) is 2.71. The first-order valence-electron chi connectivity index (χ1n) is 10.8. The van der Waals surface area contributed by atoms with Gasteiger partial charge in [0, 0.05) is 35.1 Å². The van der Waals surface area contributed by atoms with Gasteiger partial charge in [-0.25, -0.2) is 15.0 Å². The molecular weight excluding hydrogens is 396 g/mol. The number of ether oxygens (including phenoxy) is 1. The molecule has 0 spiro atoms. The van der Waals surface area contributed by atoms with Gasteiger partial charge >= 0.3 is 0 Å². The molecular formula is C22H24N6O3. The molecule has 3 N–H and O–H groups in total. The van der Waals surface area contributed by atoms with Crippen molar-refractivity contribution in [3.63, 3.8) is 0 Å². The van der Waals surface area contributed by atoms with Gasteiger partial charge in [-0.05, 0) is 32.4 Å². The lowest BCUT2D eigenvalue weighted by atomic mass is 10.1. The van der Waals surface area contributed by atoms with Gasteiger partial charge in [0.15, 0.2) is 0 Å². The first-order chi connectivity index (χ1) is 16.0. The Kier molecular flexibility index (Phi) is 5.29. The number of carbonyl (C=O) groups excluding carboxylic acids is 2. The summed E-state index contributed by atoms with van der Waals surface area (Å²) in [6.07, 6.45) is 1.17. The molecule has 0 aliphatic rings. The molecule has 0 saturated carbocycles. The summed E-state index contributed by atoms with van der Waals surface area (Å²) < 4.78 is 27.3. The Balaban J connectivity index is 2.00. The highest BCUT2D eigenvalue weighted by Gasteiger charge is 2.19. The zero-order valence-electron chi connectivity index (χ0n) is 20.5. The maximum Gasteiger partial charge on any atom is 0.259 e. The van der Waals surface area contributed by atoms with Crippen LogP contribution in [-0.4, -0.2) is 40.9 Å². The summed E-state index contributed by atoms with van der Waals surface area (Å²) in [6, 6.07) is 8.20. The predicted octanol–water partition coefficient (Wildman–Crippen LogP) is 3.16. The highest BCUT2D eigenvalue weighted by Crippen LogP contribution is 2.26. The predicted molar refractivity (Wildman–Crippen MR) is 118 cm³/mol. The van der Waals surface area contributed by atoms with E-state index in [1.54, 1.807) is 38.1 Å². The molecule has 0 unspecified atom stereocenters. The molecule has 2 heterocycles. The zero-order chi connectivity index (χ0) is 25.0. The molecule has 0 atom stereocenters. The van der Waals surface area contributed by atoms with Crippen molar-refractivity contribution in [2.75, 3.05) is 24.7 Å². The number of amides is 2. The molecule has 0 fully saturated rings. The maximum atomic E-state index is 13.1. The minimum Gasteiger partial charge on any atom is -0.496 e. The van der Waals surface area contributed by atoms with E-state index >= 15 is 0 Å². The van der Waals surface area contributed by atoms with Crippen LogP contribution in [0.1, 0.15) is 41.9 Å². The molecule has 2 amide bonds. The number of hydrogen-bond acceptors (Lipinski definition) is 7. The molecule has 0 bridgehead atoms. The van der Waals surface area contributed by atoms with Gasteiger partial charge in [-0.15, -0.1) is 0 Å². The Bertz CT molecular complexity index is 1230. The van der Waals surface area contributed by atoms with Gasteiger partial charge in [0.25, 0.3) is 11.8 Å². The van der Waals surface area contributed by atoms with Crippen LogP contribution in [0.25, 0.3) is 0 Å². The number of nitrogens with zero attached hydrogens (tertiary/aromatic N) is 3. The Hall–Kier alpha value is -4.01. The highest BCUT2D eigenvalue weighted by atomic mass is 16.5. The third-order valence-electron chi connectivity index (χ3n) is 4.39. The number of benzene rings is 1. The van der Waals surface area contributed by atoms with Crippen LogP contribution in [-0.2, 0) is 0 Å². The van der Waals surface area contributed by atoms with Gasteiger partial charge in [-0.1, -0.05) is 12.1 Å². The van der Waals surface area contributed by atoms with E-state index in [0.29, 0.717) is 17.4 Å². The van der Waals surface area contributed by atoms with Crippen LogP contribution in [0.5, 0.6) is 5.75 Å². The van der Waals surface area contributed by atoms with Crippen molar-refractivity contribution in [2.24, 2.45) is 0 Å². The number of hydrogen-bond donors (Lipinski definition) is 3. The molecule has 0 aliphatic carbocycles. The molecule has 0 saturated heterocycles. The molecule has 3 aromatic rings. The molecule has 0 radical (unpaired) electrons. The number of anilines is 3. The summed E-state index contributed by atoms with van der Waals surface area (Å²) in [4.78, 5) is 38.4. The highest BCUT2D eigenvalue weighted by molar-refractivity contribution is 6.10. The lowest BCUT2D eigenvalue weighted by molar-refractivity contribution is 0.0963. The van der Waals surface area contributed by atoms with E-state index in [2.05, 4.69) is 25.6 Å². The quantitative estimate of drug-likeness (QED) is 0.557. The number of aromatic nitrogens is 3. The van der Waals surface area contributed by atoms with E-state index in [-0.39, 0.29) is 22.6 Å². The smallest absolute Gasteiger partial charge is 0.259 e. The standard InChI is InChI=1S/C22H24N6O3/c1-12-7-6-8-15(20(12)31-5)22(30)27-17-10-18(24-11-16(17)21(29)23-4)28-19-9-13(2)25-14(3)26-19/h6-11H,1-5H3,(H,23,29)(H2,24,25,26,27,28,30)/i4D3. The summed E-state index contributed by atoms with van der Waals surface area (Å²) >= 11 is 0. The van der Waals surface area contributed by atoms with Crippen molar-refractivity contribution in [1.29, 1.82) is 0 Å². The normalized spacial score (nSPS) is 12.2. The maximum absolute atomic E-state index is 13.1. The van der Waals surface area contributed by atoms with E-state index in [0.717, 1.165) is 11.3 Å². The van der Waals surface area contributed by atoms with Gasteiger partial charge < -0.3 is 20.7 Å². The summed E-state index contributed by atoms with van der Waals surface area (Å²) in [6.45, 7) is 2.64. The fourth-order valence-electron chi connectivity index (χ4n) is 3.08. The second kappa shape index (κ2) is 9.21. The summed E-state index contributed by atoms with van der Waals surface area (Å²) in [5, 5.41) is 7.58. The Morgan fingerprint density at radius 3 is 2.55 bits per heavy atom. The van der Waals surface area contributed by atoms with E-state index in [1.807, 2.05) is 12.2 Å². The van der Waals surface area contributed by atoms with Crippen LogP contribution in [0.2, 0.25) is 0 Å². The number of pyridine rings is 1. The molecule has 3 rings (SSSR count). The Morgan fingerprint density at radius 1 is 1.03 bits per heavy atom. The minimum absolute atomic E-state index is 0.0512. The van der Waals surface area contributed by atoms with Crippen LogP contribution in [0.4, 0.5) is 17.3 Å². The van der Waals surface area contributed by atoms with Crippen molar-refractivity contribution in [1.82, 2.24) is 20.3 Å². The summed E-state index contributed by atoms with van der Waals surface area (Å²) in [5.41, 5.74) is 1.66. The second-order valence-electron chi connectivity index (χ2n) is 6.75. The van der Waals surface area contributed by atoms with E-state index in [9.17, 15) is 9.59 Å². The van der Waals surface area contributed by atoms with Gasteiger partial charge in [0.05, 0.1) is 23.9 Å². The lowest BCUT2D eigenvalue weighted by Gasteiger charge is -2.15. The van der Waals surface area contributed by atoms with Gasteiger partial charge in [0.1, 0.15) is 23.2 Å². The fourth-order valence-corrected chi connectivity index (χ4v) is 3.08. The lowest BCUT2D eigenvalue weighted by Crippen LogP contribution is -2.22. The van der Waals surface area contributed by atoms with E-state index < -0.39 is 18.8 Å². The topological polar surface area (TPSA) is 118 Å². The number of methoxy groups -OCH3 is 1. The molecule has 9 nitrogen and oxygen atoms in total. The van der Waals surface area contributed by atoms with Crippen molar-refractivity contribution in [2.45, 2.75) is 20.8 Å². The van der Waals surface area contributed by atoms with Gasteiger partial charge in [0.2, 0.25) is 0 Å². The molecule has 31 heavy (non-hydrogen) atoms. The second-order valence-corrected chi connectivity index (χ2v) is 6.75. The van der Waals surface area contributed by atoms with Crippen molar-refractivity contribution in [3.05, 3.63) is 64.7 Å². The first kappa shape index (κ1) is 17.8. The number of nitrogens with one attached hydrogen (secondary N) is 3.